The minimum absolute atomic E-state index is 0.00867. The Hall–Kier alpha value is -2.82. The van der Waals surface area contributed by atoms with Gasteiger partial charge in [0.05, 0.1) is 30.6 Å². The lowest BCUT2D eigenvalue weighted by atomic mass is 9.77. The summed E-state index contributed by atoms with van der Waals surface area (Å²) in [6, 6.07) is 3.97. The zero-order valence-electron chi connectivity index (χ0n) is 24.7. The fourth-order valence-corrected chi connectivity index (χ4v) is 6.78. The summed E-state index contributed by atoms with van der Waals surface area (Å²) in [6.45, 7) is 7.53. The molecular formula is C31H44N2O8. The highest BCUT2D eigenvalue weighted by Gasteiger charge is 2.54. The summed E-state index contributed by atoms with van der Waals surface area (Å²) < 4.78 is 23.4. The molecule has 5 rings (SSSR count). The van der Waals surface area contributed by atoms with Gasteiger partial charge in [0.2, 0.25) is 12.7 Å². The molecule has 10 nitrogen and oxygen atoms in total. The first-order valence-corrected chi connectivity index (χ1v) is 14.9. The number of carbonyl (C=O) groups excluding carboxylic acids is 2. The molecule has 3 aliphatic heterocycles. The number of carbonyl (C=O) groups is 2. The number of nitrogens with zero attached hydrogens (tertiary/aromatic N) is 1. The fraction of sp³-hybridized carbons (Fsp3) is 0.677. The topological polar surface area (TPSA) is 127 Å². The molecule has 1 aliphatic carbocycles. The average molecular weight is 573 g/mol. The van der Waals surface area contributed by atoms with E-state index in [-0.39, 0.29) is 31.5 Å². The summed E-state index contributed by atoms with van der Waals surface area (Å²) in [6.07, 6.45) is 4.76. The van der Waals surface area contributed by atoms with Crippen molar-refractivity contribution in [2.24, 2.45) is 0 Å². The highest BCUT2D eigenvalue weighted by Crippen LogP contribution is 2.50. The van der Waals surface area contributed by atoms with E-state index < -0.39 is 28.8 Å². The molecule has 1 amide bonds. The first-order valence-electron chi connectivity index (χ1n) is 14.9. The van der Waals surface area contributed by atoms with E-state index in [0.717, 1.165) is 30.4 Å². The molecule has 4 aliphatic rings. The van der Waals surface area contributed by atoms with Gasteiger partial charge in [0, 0.05) is 19.6 Å². The smallest absolute Gasteiger partial charge is 0.339 e. The summed E-state index contributed by atoms with van der Waals surface area (Å²) in [5.41, 5.74) is -1.53. The molecule has 1 saturated heterocycles. The number of aliphatic hydroxyl groups is 2. The zero-order valence-corrected chi connectivity index (χ0v) is 24.7. The van der Waals surface area contributed by atoms with Crippen LogP contribution in [0.2, 0.25) is 0 Å². The molecule has 226 valence electrons. The summed E-state index contributed by atoms with van der Waals surface area (Å²) in [7, 11) is 1.55. The quantitative estimate of drug-likeness (QED) is 0.363. The van der Waals surface area contributed by atoms with Gasteiger partial charge in [-0.25, -0.2) is 4.79 Å². The van der Waals surface area contributed by atoms with Crippen LogP contribution in [0.3, 0.4) is 0 Å². The number of fused-ring (bicyclic) bond motifs is 4. The van der Waals surface area contributed by atoms with Crippen LogP contribution in [0, 0.1) is 0 Å². The van der Waals surface area contributed by atoms with E-state index in [4.69, 9.17) is 18.9 Å². The minimum Gasteiger partial charge on any atom is -0.497 e. The monoisotopic (exact) mass is 572 g/mol. The maximum Gasteiger partial charge on any atom is 0.339 e. The Balaban J connectivity index is 1.47. The molecule has 1 aromatic carbocycles. The average Bonchev–Trinajstić information content (AvgIpc) is 3.65. The molecule has 0 spiro atoms. The first kappa shape index (κ1) is 29.7. The van der Waals surface area contributed by atoms with Gasteiger partial charge in [0.1, 0.15) is 5.76 Å². The van der Waals surface area contributed by atoms with Gasteiger partial charge in [-0.15, -0.1) is 0 Å². The molecule has 3 heterocycles. The van der Waals surface area contributed by atoms with Crippen molar-refractivity contribution in [3.05, 3.63) is 35.1 Å². The van der Waals surface area contributed by atoms with Crippen molar-refractivity contribution in [3.8, 4) is 11.5 Å². The highest BCUT2D eigenvalue weighted by atomic mass is 16.7. The Kier molecular flexibility index (Phi) is 8.29. The second kappa shape index (κ2) is 11.5. The van der Waals surface area contributed by atoms with Gasteiger partial charge in [0.15, 0.2) is 23.2 Å². The summed E-state index contributed by atoms with van der Waals surface area (Å²) in [5, 5.41) is 25.7. The Labute approximate surface area is 242 Å². The van der Waals surface area contributed by atoms with Gasteiger partial charge in [-0.3, -0.25) is 4.79 Å². The fourth-order valence-electron chi connectivity index (χ4n) is 6.78. The second-order valence-electron chi connectivity index (χ2n) is 12.5. The number of benzene rings is 1. The molecule has 0 bridgehead atoms. The van der Waals surface area contributed by atoms with E-state index in [0.29, 0.717) is 56.2 Å². The largest absolute Gasteiger partial charge is 0.497 e. The van der Waals surface area contributed by atoms with Crippen molar-refractivity contribution in [1.82, 2.24) is 10.2 Å². The Morgan fingerprint density at radius 2 is 1.85 bits per heavy atom. The van der Waals surface area contributed by atoms with Crippen LogP contribution in [0.1, 0.15) is 82.8 Å². The first-order chi connectivity index (χ1) is 19.5. The molecule has 0 radical (unpaired) electrons. The maximum absolute atomic E-state index is 14.0. The van der Waals surface area contributed by atoms with Gasteiger partial charge in [-0.05, 0) is 88.1 Å². The number of likely N-dealkylation sites (tertiary alicyclic amines) is 1. The number of ether oxygens (including phenoxy) is 4. The Morgan fingerprint density at radius 1 is 1.15 bits per heavy atom. The van der Waals surface area contributed by atoms with Crippen LogP contribution in [0.4, 0.5) is 0 Å². The van der Waals surface area contributed by atoms with Gasteiger partial charge in [-0.1, -0.05) is 6.92 Å². The standard InChI is InChI=1S/C31H44N2O8/c1-5-30-17-24(38-4)27(26(30)21-16-23-22(39-19-40-23)15-20(21)9-12-32-30)41-28(35)31(37,11-8-10-29(2,3)36)18-25(34)33-13-6-7-14-33/h15-17,26-27,32,36-37H,5-14,18-19H2,1-4H3/t26-,27-,30+,31-/m1/s1. The van der Waals surface area contributed by atoms with Crippen LogP contribution < -0.4 is 14.8 Å². The number of hydrogen-bond donors (Lipinski definition) is 3. The number of rotatable bonds is 10. The van der Waals surface area contributed by atoms with Crippen molar-refractivity contribution in [2.75, 3.05) is 33.5 Å². The molecule has 0 aromatic heterocycles. The van der Waals surface area contributed by atoms with Crippen molar-refractivity contribution in [2.45, 2.75) is 101 Å². The predicted molar refractivity (Wildman–Crippen MR) is 151 cm³/mol. The number of hydrogen-bond acceptors (Lipinski definition) is 9. The van der Waals surface area contributed by atoms with Crippen LogP contribution in [-0.2, 0) is 25.5 Å². The van der Waals surface area contributed by atoms with E-state index in [1.165, 1.54) is 0 Å². The molecule has 1 aromatic rings. The SMILES string of the molecule is CC[C@]12C=C(OC)[C@@H](OC(=O)[C@@](O)(CCCC(C)(C)O)CC(=O)N3CCCC3)[C@H]1c1cc3c(cc1CCN2)OCO3. The molecule has 0 unspecified atom stereocenters. The lowest BCUT2D eigenvalue weighted by Gasteiger charge is -2.37. The zero-order chi connectivity index (χ0) is 29.4. The maximum atomic E-state index is 14.0. The molecule has 1 fully saturated rings. The Bertz CT molecular complexity index is 1190. The van der Waals surface area contributed by atoms with Gasteiger partial charge in [0.25, 0.3) is 0 Å². The van der Waals surface area contributed by atoms with E-state index >= 15 is 0 Å². The normalized spacial score (nSPS) is 26.5. The third kappa shape index (κ3) is 5.92. The lowest BCUT2D eigenvalue weighted by Crippen LogP contribution is -2.50. The van der Waals surface area contributed by atoms with Crippen LogP contribution in [-0.4, -0.2) is 83.4 Å². The van der Waals surface area contributed by atoms with E-state index in [9.17, 15) is 19.8 Å². The van der Waals surface area contributed by atoms with Gasteiger partial charge >= 0.3 is 5.97 Å². The number of amides is 1. The lowest BCUT2D eigenvalue weighted by molar-refractivity contribution is -0.176. The summed E-state index contributed by atoms with van der Waals surface area (Å²) in [4.78, 5) is 28.8. The van der Waals surface area contributed by atoms with Crippen LogP contribution in [0.5, 0.6) is 11.5 Å². The third-order valence-corrected chi connectivity index (χ3v) is 9.07. The molecule has 4 atom stereocenters. The van der Waals surface area contributed by atoms with Crippen molar-refractivity contribution < 1.29 is 38.7 Å². The summed E-state index contributed by atoms with van der Waals surface area (Å²) >= 11 is 0. The van der Waals surface area contributed by atoms with Gasteiger partial charge in [-0.2, -0.15) is 0 Å². The molecule has 0 saturated carbocycles. The van der Waals surface area contributed by atoms with Crippen LogP contribution in [0.15, 0.2) is 24.0 Å². The third-order valence-electron chi connectivity index (χ3n) is 9.07. The summed E-state index contributed by atoms with van der Waals surface area (Å²) in [5.74, 6) is 0.358. The van der Waals surface area contributed by atoms with Gasteiger partial charge < -0.3 is 39.4 Å². The molecule has 10 heteroatoms. The Morgan fingerprint density at radius 3 is 2.51 bits per heavy atom. The van der Waals surface area contributed by atoms with Crippen molar-refractivity contribution >= 4 is 11.9 Å². The number of esters is 1. The molecule has 3 N–H and O–H groups in total. The van der Waals surface area contributed by atoms with Crippen LogP contribution >= 0.6 is 0 Å². The van der Waals surface area contributed by atoms with E-state index in [2.05, 4.69) is 12.2 Å². The highest BCUT2D eigenvalue weighted by molar-refractivity contribution is 5.88. The number of methoxy groups -OCH3 is 1. The molecular weight excluding hydrogens is 528 g/mol. The van der Waals surface area contributed by atoms with Crippen LogP contribution in [0.25, 0.3) is 0 Å². The number of nitrogens with one attached hydrogen (secondary N) is 1. The predicted octanol–water partition coefficient (Wildman–Crippen LogP) is 2.93. The second-order valence-corrected chi connectivity index (χ2v) is 12.5. The van der Waals surface area contributed by atoms with E-state index in [1.807, 2.05) is 18.2 Å². The minimum atomic E-state index is -2.04. The van der Waals surface area contributed by atoms with Crippen molar-refractivity contribution in [3.63, 3.8) is 0 Å². The molecule has 41 heavy (non-hydrogen) atoms. The van der Waals surface area contributed by atoms with E-state index in [1.54, 1.807) is 25.9 Å². The van der Waals surface area contributed by atoms with Crippen molar-refractivity contribution in [1.29, 1.82) is 0 Å².